The van der Waals surface area contributed by atoms with Crippen LogP contribution in [0.15, 0.2) is 28.9 Å². The molecule has 90 valence electrons. The third kappa shape index (κ3) is 2.46. The SMILES string of the molecule is COc1ccc(-n2cc(Br)c(CO)n2)cc1Cl. The summed E-state index contributed by atoms with van der Waals surface area (Å²) in [5, 5.41) is 13.8. The van der Waals surface area contributed by atoms with Gasteiger partial charge in [-0.2, -0.15) is 5.10 Å². The van der Waals surface area contributed by atoms with Crippen LogP contribution >= 0.6 is 27.5 Å². The second-order valence-corrected chi connectivity index (χ2v) is 4.61. The van der Waals surface area contributed by atoms with E-state index < -0.39 is 0 Å². The number of benzene rings is 1. The number of hydrogen-bond donors (Lipinski definition) is 1. The summed E-state index contributed by atoms with van der Waals surface area (Å²) in [7, 11) is 1.56. The van der Waals surface area contributed by atoms with Crippen molar-refractivity contribution in [1.82, 2.24) is 9.78 Å². The molecule has 4 nitrogen and oxygen atoms in total. The summed E-state index contributed by atoms with van der Waals surface area (Å²) in [5.41, 5.74) is 1.38. The van der Waals surface area contributed by atoms with Gasteiger partial charge in [-0.1, -0.05) is 11.6 Å². The summed E-state index contributed by atoms with van der Waals surface area (Å²) in [4.78, 5) is 0. The molecule has 1 heterocycles. The van der Waals surface area contributed by atoms with Crippen molar-refractivity contribution < 1.29 is 9.84 Å². The Morgan fingerprint density at radius 3 is 2.82 bits per heavy atom. The van der Waals surface area contributed by atoms with E-state index in [4.69, 9.17) is 21.4 Å². The van der Waals surface area contributed by atoms with Gasteiger partial charge in [0.1, 0.15) is 11.4 Å². The smallest absolute Gasteiger partial charge is 0.137 e. The summed E-state index contributed by atoms with van der Waals surface area (Å²) >= 11 is 9.35. The van der Waals surface area contributed by atoms with Crippen LogP contribution in [0.25, 0.3) is 5.69 Å². The second kappa shape index (κ2) is 5.08. The molecule has 0 aliphatic heterocycles. The minimum atomic E-state index is -0.114. The van der Waals surface area contributed by atoms with Crippen LogP contribution in [0.1, 0.15) is 5.69 Å². The van der Waals surface area contributed by atoms with E-state index in [1.165, 1.54) is 0 Å². The molecule has 2 rings (SSSR count). The van der Waals surface area contributed by atoms with Crippen molar-refractivity contribution in [2.75, 3.05) is 7.11 Å². The quantitative estimate of drug-likeness (QED) is 0.947. The van der Waals surface area contributed by atoms with Crippen LogP contribution in [0.5, 0.6) is 5.75 Å². The molecule has 1 aromatic carbocycles. The van der Waals surface area contributed by atoms with Gasteiger partial charge < -0.3 is 9.84 Å². The lowest BCUT2D eigenvalue weighted by molar-refractivity contribution is 0.275. The Labute approximate surface area is 112 Å². The van der Waals surface area contributed by atoms with Crippen LogP contribution in [-0.2, 0) is 6.61 Å². The first kappa shape index (κ1) is 12.4. The normalized spacial score (nSPS) is 10.6. The minimum absolute atomic E-state index is 0.114. The van der Waals surface area contributed by atoms with Gasteiger partial charge in [-0.3, -0.25) is 0 Å². The van der Waals surface area contributed by atoms with Crippen molar-refractivity contribution in [2.45, 2.75) is 6.61 Å². The minimum Gasteiger partial charge on any atom is -0.495 e. The number of hydrogen-bond acceptors (Lipinski definition) is 3. The van der Waals surface area contributed by atoms with E-state index >= 15 is 0 Å². The van der Waals surface area contributed by atoms with Crippen molar-refractivity contribution in [3.63, 3.8) is 0 Å². The average molecular weight is 318 g/mol. The molecule has 1 N–H and O–H groups in total. The molecule has 0 unspecified atom stereocenters. The Bertz CT molecular complexity index is 542. The standard InChI is InChI=1S/C11H10BrClN2O2/c1-17-11-3-2-7(4-9(11)13)15-5-8(12)10(6-16)14-15/h2-5,16H,6H2,1H3. The first-order valence-electron chi connectivity index (χ1n) is 4.84. The van der Waals surface area contributed by atoms with E-state index in [2.05, 4.69) is 21.0 Å². The highest BCUT2D eigenvalue weighted by Gasteiger charge is 2.08. The lowest BCUT2D eigenvalue weighted by Crippen LogP contribution is -1.96. The zero-order valence-electron chi connectivity index (χ0n) is 9.02. The maximum atomic E-state index is 9.06. The molecule has 2 aromatic rings. The molecule has 0 saturated carbocycles. The number of rotatable bonds is 3. The van der Waals surface area contributed by atoms with Gasteiger partial charge in [-0.25, -0.2) is 4.68 Å². The largest absolute Gasteiger partial charge is 0.495 e. The topological polar surface area (TPSA) is 47.3 Å². The molecule has 0 aliphatic carbocycles. The van der Waals surface area contributed by atoms with E-state index in [1.807, 2.05) is 6.07 Å². The highest BCUT2D eigenvalue weighted by atomic mass is 79.9. The fourth-order valence-electron chi connectivity index (χ4n) is 1.43. The van der Waals surface area contributed by atoms with Crippen LogP contribution in [0.4, 0.5) is 0 Å². The number of nitrogens with zero attached hydrogens (tertiary/aromatic N) is 2. The van der Waals surface area contributed by atoms with Gasteiger partial charge in [0.25, 0.3) is 0 Å². The number of halogens is 2. The van der Waals surface area contributed by atoms with Gasteiger partial charge in [-0.05, 0) is 34.1 Å². The lowest BCUT2D eigenvalue weighted by atomic mass is 10.3. The maximum absolute atomic E-state index is 9.06. The Morgan fingerprint density at radius 2 is 2.29 bits per heavy atom. The first-order valence-corrected chi connectivity index (χ1v) is 6.01. The highest BCUT2D eigenvalue weighted by molar-refractivity contribution is 9.10. The molecule has 0 spiro atoms. The van der Waals surface area contributed by atoms with Gasteiger partial charge in [0.15, 0.2) is 0 Å². The molecule has 6 heteroatoms. The summed E-state index contributed by atoms with van der Waals surface area (Å²) in [5.74, 6) is 0.615. The van der Waals surface area contributed by atoms with Crippen LogP contribution in [-0.4, -0.2) is 22.0 Å². The van der Waals surface area contributed by atoms with Crippen molar-refractivity contribution >= 4 is 27.5 Å². The third-order valence-electron chi connectivity index (χ3n) is 2.29. The number of ether oxygens (including phenoxy) is 1. The Balaban J connectivity index is 2.42. The molecule has 0 saturated heterocycles. The number of aromatic nitrogens is 2. The Morgan fingerprint density at radius 1 is 1.53 bits per heavy atom. The van der Waals surface area contributed by atoms with Gasteiger partial charge in [0, 0.05) is 6.20 Å². The van der Waals surface area contributed by atoms with E-state index in [0.717, 1.165) is 10.2 Å². The van der Waals surface area contributed by atoms with Gasteiger partial charge in [0.2, 0.25) is 0 Å². The third-order valence-corrected chi connectivity index (χ3v) is 3.25. The second-order valence-electron chi connectivity index (χ2n) is 3.35. The highest BCUT2D eigenvalue weighted by Crippen LogP contribution is 2.27. The Kier molecular flexibility index (Phi) is 3.71. The molecule has 0 bridgehead atoms. The van der Waals surface area contributed by atoms with Crippen LogP contribution in [0, 0.1) is 0 Å². The molecule has 17 heavy (non-hydrogen) atoms. The summed E-state index contributed by atoms with van der Waals surface area (Å²) in [6, 6.07) is 5.36. The monoisotopic (exact) mass is 316 g/mol. The molecule has 0 amide bonds. The molecule has 0 aliphatic rings. The molecular formula is C11H10BrClN2O2. The average Bonchev–Trinajstić information content (AvgIpc) is 2.70. The number of aliphatic hydroxyl groups is 1. The van der Waals surface area contributed by atoms with E-state index in [9.17, 15) is 0 Å². The number of methoxy groups -OCH3 is 1. The predicted octanol–water partition coefficient (Wildman–Crippen LogP) is 2.79. The van der Waals surface area contributed by atoms with Gasteiger partial charge >= 0.3 is 0 Å². The maximum Gasteiger partial charge on any atom is 0.137 e. The molecule has 1 aromatic heterocycles. The zero-order chi connectivity index (χ0) is 12.4. The van der Waals surface area contributed by atoms with Gasteiger partial charge in [0.05, 0.1) is 28.9 Å². The van der Waals surface area contributed by atoms with E-state index in [-0.39, 0.29) is 6.61 Å². The lowest BCUT2D eigenvalue weighted by Gasteiger charge is -2.05. The van der Waals surface area contributed by atoms with Crippen molar-refractivity contribution in [2.24, 2.45) is 0 Å². The summed E-state index contributed by atoms with van der Waals surface area (Å²) in [6.07, 6.45) is 1.77. The van der Waals surface area contributed by atoms with Crippen molar-refractivity contribution in [3.8, 4) is 11.4 Å². The van der Waals surface area contributed by atoms with Gasteiger partial charge in [-0.15, -0.1) is 0 Å². The van der Waals surface area contributed by atoms with Crippen molar-refractivity contribution in [3.05, 3.63) is 39.6 Å². The van der Waals surface area contributed by atoms with E-state index in [1.54, 1.807) is 30.1 Å². The van der Waals surface area contributed by atoms with E-state index in [0.29, 0.717) is 16.5 Å². The first-order chi connectivity index (χ1) is 8.15. The van der Waals surface area contributed by atoms with Crippen LogP contribution in [0.2, 0.25) is 5.02 Å². The van der Waals surface area contributed by atoms with Crippen LogP contribution in [0.3, 0.4) is 0 Å². The summed E-state index contributed by atoms with van der Waals surface area (Å²) in [6.45, 7) is -0.114. The predicted molar refractivity (Wildman–Crippen MR) is 68.7 cm³/mol. The zero-order valence-corrected chi connectivity index (χ0v) is 11.4. The molecule has 0 radical (unpaired) electrons. The molecular weight excluding hydrogens is 307 g/mol. The fourth-order valence-corrected chi connectivity index (χ4v) is 2.08. The number of aliphatic hydroxyl groups excluding tert-OH is 1. The molecule has 0 atom stereocenters. The Hall–Kier alpha value is -1.04. The van der Waals surface area contributed by atoms with Crippen LogP contribution < -0.4 is 4.74 Å². The molecule has 0 fully saturated rings. The van der Waals surface area contributed by atoms with Crippen molar-refractivity contribution in [1.29, 1.82) is 0 Å². The summed E-state index contributed by atoms with van der Waals surface area (Å²) < 4.78 is 7.47. The fraction of sp³-hybridized carbons (Fsp3) is 0.182.